The summed E-state index contributed by atoms with van der Waals surface area (Å²) in [5.74, 6) is -0.137. The van der Waals surface area contributed by atoms with E-state index >= 15 is 0 Å². The number of carboxylic acid groups (broad SMARTS) is 1. The van der Waals surface area contributed by atoms with Gasteiger partial charge in [0.25, 0.3) is 0 Å². The Kier molecular flexibility index (Phi) is 4.40. The Morgan fingerprint density at radius 3 is 2.89 bits per heavy atom. The molecule has 0 aliphatic heterocycles. The van der Waals surface area contributed by atoms with Crippen molar-refractivity contribution in [1.82, 2.24) is 4.98 Å². The summed E-state index contributed by atoms with van der Waals surface area (Å²) in [6.45, 7) is 4.17. The average Bonchev–Trinajstić information content (AvgIpc) is 2.54. The van der Waals surface area contributed by atoms with Crippen LogP contribution in [0.1, 0.15) is 55.1 Å². The summed E-state index contributed by atoms with van der Waals surface area (Å²) >= 11 is 0. The topological polar surface area (TPSA) is 62.2 Å². The molecule has 1 heterocycles. The molecule has 0 aromatic carbocycles. The molecule has 1 aromatic rings. The molecular formula is C15H22N2O2. The lowest BCUT2D eigenvalue weighted by atomic mass is 10.0. The van der Waals surface area contributed by atoms with Crippen LogP contribution >= 0.6 is 0 Å². The number of nitrogens with zero attached hydrogens (tertiary/aromatic N) is 1. The van der Waals surface area contributed by atoms with Crippen LogP contribution in [0, 0.1) is 12.8 Å². The maximum atomic E-state index is 11.2. The van der Waals surface area contributed by atoms with Gasteiger partial charge in [-0.25, -0.2) is 4.79 Å². The minimum Gasteiger partial charge on any atom is -0.478 e. The lowest BCUT2D eigenvalue weighted by Crippen LogP contribution is -2.20. The van der Waals surface area contributed by atoms with E-state index in [-0.39, 0.29) is 5.56 Å². The second-order valence-corrected chi connectivity index (χ2v) is 5.63. The lowest BCUT2D eigenvalue weighted by Gasteiger charge is -2.19. The maximum absolute atomic E-state index is 11.2. The number of carboxylic acids is 1. The normalized spacial score (nSPS) is 23.7. The molecule has 4 heteroatoms. The molecule has 0 bridgehead atoms. The third kappa shape index (κ3) is 3.69. The highest BCUT2D eigenvalue weighted by atomic mass is 16.4. The van der Waals surface area contributed by atoms with Crippen molar-refractivity contribution >= 4 is 11.7 Å². The largest absolute Gasteiger partial charge is 0.478 e. The van der Waals surface area contributed by atoms with Crippen LogP contribution in [0.3, 0.4) is 0 Å². The SMILES string of the molecule is Cc1cc(NC2CCCC(C)CC2)c(C(=O)O)cn1. The molecule has 2 unspecified atom stereocenters. The standard InChI is InChI=1S/C15H22N2O2/c1-10-4-3-5-12(7-6-10)17-14-8-11(2)16-9-13(14)15(18)19/h8-10,12H,3-7H2,1-2H3,(H,16,17)(H,18,19). The van der Waals surface area contributed by atoms with Crippen molar-refractivity contribution in [2.45, 2.75) is 52.0 Å². The van der Waals surface area contributed by atoms with E-state index in [1.807, 2.05) is 13.0 Å². The van der Waals surface area contributed by atoms with E-state index in [1.54, 1.807) is 0 Å². The van der Waals surface area contributed by atoms with E-state index in [9.17, 15) is 9.90 Å². The van der Waals surface area contributed by atoms with Crippen molar-refractivity contribution in [2.24, 2.45) is 5.92 Å². The average molecular weight is 262 g/mol. The zero-order valence-corrected chi connectivity index (χ0v) is 11.6. The Morgan fingerprint density at radius 2 is 2.16 bits per heavy atom. The third-order valence-corrected chi connectivity index (χ3v) is 3.89. The smallest absolute Gasteiger partial charge is 0.339 e. The summed E-state index contributed by atoms with van der Waals surface area (Å²) in [7, 11) is 0. The van der Waals surface area contributed by atoms with Crippen LogP contribution in [0.15, 0.2) is 12.3 Å². The van der Waals surface area contributed by atoms with Gasteiger partial charge in [-0.3, -0.25) is 4.98 Å². The maximum Gasteiger partial charge on any atom is 0.339 e. The number of hydrogen-bond acceptors (Lipinski definition) is 3. The van der Waals surface area contributed by atoms with E-state index in [0.717, 1.165) is 24.5 Å². The van der Waals surface area contributed by atoms with Gasteiger partial charge in [-0.05, 0) is 38.2 Å². The Hall–Kier alpha value is -1.58. The van der Waals surface area contributed by atoms with Crippen LogP contribution in [-0.2, 0) is 0 Å². The van der Waals surface area contributed by atoms with Crippen molar-refractivity contribution in [3.8, 4) is 0 Å². The summed E-state index contributed by atoms with van der Waals surface area (Å²) in [6, 6.07) is 2.21. The molecule has 2 atom stereocenters. The Balaban J connectivity index is 2.13. The zero-order valence-electron chi connectivity index (χ0n) is 11.6. The fourth-order valence-electron chi connectivity index (χ4n) is 2.70. The molecule has 0 radical (unpaired) electrons. The van der Waals surface area contributed by atoms with E-state index in [4.69, 9.17) is 0 Å². The minimum atomic E-state index is -0.919. The molecule has 1 saturated carbocycles. The number of aryl methyl sites for hydroxylation is 1. The lowest BCUT2D eigenvalue weighted by molar-refractivity contribution is 0.0697. The second-order valence-electron chi connectivity index (χ2n) is 5.63. The van der Waals surface area contributed by atoms with Crippen LogP contribution < -0.4 is 5.32 Å². The van der Waals surface area contributed by atoms with Gasteiger partial charge in [-0.15, -0.1) is 0 Å². The number of anilines is 1. The minimum absolute atomic E-state index is 0.267. The molecule has 1 aliphatic rings. The molecule has 4 nitrogen and oxygen atoms in total. The number of aromatic nitrogens is 1. The Labute approximate surface area is 114 Å². The highest BCUT2D eigenvalue weighted by Crippen LogP contribution is 2.26. The van der Waals surface area contributed by atoms with Gasteiger partial charge in [0, 0.05) is 17.9 Å². The van der Waals surface area contributed by atoms with Gasteiger partial charge in [0.05, 0.1) is 5.69 Å². The number of pyridine rings is 1. The van der Waals surface area contributed by atoms with Gasteiger partial charge in [0.2, 0.25) is 0 Å². The second kappa shape index (κ2) is 6.04. The van der Waals surface area contributed by atoms with Crippen molar-refractivity contribution in [1.29, 1.82) is 0 Å². The highest BCUT2D eigenvalue weighted by Gasteiger charge is 2.18. The molecular weight excluding hydrogens is 240 g/mol. The van der Waals surface area contributed by atoms with Gasteiger partial charge in [0.15, 0.2) is 0 Å². The van der Waals surface area contributed by atoms with Gasteiger partial charge >= 0.3 is 5.97 Å². The van der Waals surface area contributed by atoms with E-state index in [1.165, 1.54) is 25.5 Å². The number of carbonyl (C=O) groups is 1. The van der Waals surface area contributed by atoms with Gasteiger partial charge in [0.1, 0.15) is 5.56 Å². The van der Waals surface area contributed by atoms with E-state index in [2.05, 4.69) is 17.2 Å². The van der Waals surface area contributed by atoms with Crippen molar-refractivity contribution < 1.29 is 9.90 Å². The Bertz CT molecular complexity index is 459. The van der Waals surface area contributed by atoms with Crippen LogP contribution in [0.2, 0.25) is 0 Å². The van der Waals surface area contributed by atoms with Crippen LogP contribution in [0.25, 0.3) is 0 Å². The van der Waals surface area contributed by atoms with E-state index < -0.39 is 5.97 Å². The van der Waals surface area contributed by atoms with Crippen molar-refractivity contribution in [2.75, 3.05) is 5.32 Å². The first kappa shape index (κ1) is 13.8. The van der Waals surface area contributed by atoms with Gasteiger partial charge in [-0.2, -0.15) is 0 Å². The first-order valence-corrected chi connectivity index (χ1v) is 7.02. The first-order chi connectivity index (χ1) is 9.06. The molecule has 104 valence electrons. The fourth-order valence-corrected chi connectivity index (χ4v) is 2.70. The van der Waals surface area contributed by atoms with Crippen LogP contribution in [0.5, 0.6) is 0 Å². The third-order valence-electron chi connectivity index (χ3n) is 3.89. The van der Waals surface area contributed by atoms with Crippen molar-refractivity contribution in [3.63, 3.8) is 0 Å². The molecule has 1 aromatic heterocycles. The summed E-state index contributed by atoms with van der Waals surface area (Å²) < 4.78 is 0. The predicted molar refractivity (Wildman–Crippen MR) is 75.6 cm³/mol. The van der Waals surface area contributed by atoms with Crippen molar-refractivity contribution in [3.05, 3.63) is 23.5 Å². The fraction of sp³-hybridized carbons (Fsp3) is 0.600. The number of rotatable bonds is 3. The molecule has 19 heavy (non-hydrogen) atoms. The Morgan fingerprint density at radius 1 is 1.37 bits per heavy atom. The van der Waals surface area contributed by atoms with Gasteiger partial charge < -0.3 is 10.4 Å². The summed E-state index contributed by atoms with van der Waals surface area (Å²) in [5, 5.41) is 12.6. The molecule has 1 aliphatic carbocycles. The van der Waals surface area contributed by atoms with E-state index in [0.29, 0.717) is 11.7 Å². The molecule has 2 N–H and O–H groups in total. The number of hydrogen-bond donors (Lipinski definition) is 2. The molecule has 0 spiro atoms. The molecule has 0 amide bonds. The zero-order chi connectivity index (χ0) is 13.8. The molecule has 1 fully saturated rings. The summed E-state index contributed by atoms with van der Waals surface area (Å²) in [4.78, 5) is 15.3. The predicted octanol–water partition coefficient (Wildman–Crippen LogP) is 3.47. The quantitative estimate of drug-likeness (QED) is 0.819. The molecule has 0 saturated heterocycles. The number of aromatic carboxylic acids is 1. The summed E-state index contributed by atoms with van der Waals surface area (Å²) in [6.07, 6.45) is 7.38. The van der Waals surface area contributed by atoms with Gasteiger partial charge in [-0.1, -0.05) is 19.8 Å². The van der Waals surface area contributed by atoms with Crippen LogP contribution in [0.4, 0.5) is 5.69 Å². The molecule has 2 rings (SSSR count). The number of nitrogens with one attached hydrogen (secondary N) is 1. The first-order valence-electron chi connectivity index (χ1n) is 7.02. The monoisotopic (exact) mass is 262 g/mol. The van der Waals surface area contributed by atoms with Crippen LogP contribution in [-0.4, -0.2) is 22.1 Å². The highest BCUT2D eigenvalue weighted by molar-refractivity contribution is 5.93. The summed E-state index contributed by atoms with van der Waals surface area (Å²) in [5.41, 5.74) is 1.82.